The number of nitrogens with two attached hydrogens (primary N) is 3. The highest BCUT2D eigenvalue weighted by atomic mass is 16.4. The topological polar surface area (TPSA) is 252 Å². The van der Waals surface area contributed by atoms with E-state index in [4.69, 9.17) is 17.2 Å². The maximum absolute atomic E-state index is 13.2. The van der Waals surface area contributed by atoms with Gasteiger partial charge in [0.25, 0.3) is 0 Å². The van der Waals surface area contributed by atoms with Gasteiger partial charge in [-0.05, 0) is 51.1 Å². The third-order valence-electron chi connectivity index (χ3n) is 6.08. The van der Waals surface area contributed by atoms with Crippen molar-refractivity contribution in [1.29, 1.82) is 0 Å². The van der Waals surface area contributed by atoms with Crippen LogP contribution in [-0.4, -0.2) is 89.2 Å². The number of carbonyl (C=O) groups is 5. The molecule has 7 atom stereocenters. The first kappa shape index (κ1) is 35.2. The van der Waals surface area contributed by atoms with Crippen molar-refractivity contribution in [2.75, 3.05) is 13.1 Å². The number of carboxylic acid groups (broad SMARTS) is 1. The van der Waals surface area contributed by atoms with E-state index in [0.717, 1.165) is 0 Å². The molecular formula is C24H47N7O7. The SMILES string of the molecule is CC[C@@H](C)[C@@H](NC(=O)[C@@H](N)CCN)C(=O)N[C@@H](CC(C)C)C(=O)N[C@@H](CCN)C(=O)N[C@H](C(=O)O)[C@@H](C)O. The number of carboxylic acids is 1. The Hall–Kier alpha value is -2.81. The summed E-state index contributed by atoms with van der Waals surface area (Å²) >= 11 is 0. The Morgan fingerprint density at radius 3 is 1.68 bits per heavy atom. The Morgan fingerprint density at radius 2 is 1.24 bits per heavy atom. The zero-order valence-electron chi connectivity index (χ0n) is 23.0. The molecule has 0 saturated carbocycles. The van der Waals surface area contributed by atoms with E-state index in [9.17, 15) is 34.2 Å². The molecule has 0 aromatic carbocycles. The van der Waals surface area contributed by atoms with Crippen LogP contribution in [0.25, 0.3) is 0 Å². The van der Waals surface area contributed by atoms with E-state index in [2.05, 4.69) is 21.3 Å². The van der Waals surface area contributed by atoms with Crippen LogP contribution in [-0.2, 0) is 24.0 Å². The first-order valence-corrected chi connectivity index (χ1v) is 13.0. The Kier molecular flexibility index (Phi) is 16.3. The second kappa shape index (κ2) is 17.7. The quantitative estimate of drug-likeness (QED) is 0.0875. The Labute approximate surface area is 224 Å². The van der Waals surface area contributed by atoms with Crippen LogP contribution in [0.15, 0.2) is 0 Å². The number of amides is 4. The smallest absolute Gasteiger partial charge is 0.328 e. The number of nitrogens with one attached hydrogen (secondary N) is 4. The third-order valence-corrected chi connectivity index (χ3v) is 6.08. The predicted octanol–water partition coefficient (Wildman–Crippen LogP) is -2.49. The van der Waals surface area contributed by atoms with Crippen LogP contribution < -0.4 is 38.5 Å². The van der Waals surface area contributed by atoms with Gasteiger partial charge in [0.2, 0.25) is 23.6 Å². The van der Waals surface area contributed by atoms with Gasteiger partial charge in [-0.1, -0.05) is 34.1 Å². The summed E-state index contributed by atoms with van der Waals surface area (Å²) in [6, 6.07) is -5.72. The van der Waals surface area contributed by atoms with Crippen LogP contribution in [0.3, 0.4) is 0 Å². The van der Waals surface area contributed by atoms with Gasteiger partial charge in [0.1, 0.15) is 18.1 Å². The van der Waals surface area contributed by atoms with E-state index in [1.807, 2.05) is 20.8 Å². The zero-order chi connectivity index (χ0) is 29.6. The number of hydrogen-bond acceptors (Lipinski definition) is 9. The molecule has 12 N–H and O–H groups in total. The number of aliphatic hydroxyl groups excluding tert-OH is 1. The van der Waals surface area contributed by atoms with Gasteiger partial charge >= 0.3 is 5.97 Å². The summed E-state index contributed by atoms with van der Waals surface area (Å²) in [5, 5.41) is 28.9. The van der Waals surface area contributed by atoms with E-state index in [1.54, 1.807) is 6.92 Å². The molecule has 0 aliphatic heterocycles. The lowest BCUT2D eigenvalue weighted by Crippen LogP contribution is -2.60. The third kappa shape index (κ3) is 12.2. The highest BCUT2D eigenvalue weighted by Crippen LogP contribution is 2.12. The molecule has 0 aliphatic carbocycles. The maximum atomic E-state index is 13.2. The second-order valence-corrected chi connectivity index (χ2v) is 9.95. The fourth-order valence-electron chi connectivity index (χ4n) is 3.59. The average molecular weight is 546 g/mol. The predicted molar refractivity (Wildman–Crippen MR) is 141 cm³/mol. The van der Waals surface area contributed by atoms with Crippen molar-refractivity contribution in [1.82, 2.24) is 21.3 Å². The molecule has 0 heterocycles. The molecule has 0 radical (unpaired) electrons. The lowest BCUT2D eigenvalue weighted by molar-refractivity contribution is -0.145. The van der Waals surface area contributed by atoms with Gasteiger partial charge in [0.05, 0.1) is 12.1 Å². The van der Waals surface area contributed by atoms with Gasteiger partial charge < -0.3 is 48.7 Å². The number of aliphatic hydroxyl groups is 1. The first-order valence-electron chi connectivity index (χ1n) is 13.0. The van der Waals surface area contributed by atoms with E-state index in [1.165, 1.54) is 6.92 Å². The van der Waals surface area contributed by atoms with Crippen molar-refractivity contribution in [2.45, 2.75) is 96.6 Å². The molecule has 0 aromatic heterocycles. The number of carbonyl (C=O) groups excluding carboxylic acids is 4. The Balaban J connectivity index is 5.76. The standard InChI is InChI=1S/C24H47N7O7/c1-6-13(4)18(30-20(33)15(27)7-9-25)23(36)29-17(11-12(2)3)22(35)28-16(8-10-26)21(34)31-19(14(5)32)24(37)38/h12-19,32H,6-11,25-27H2,1-5H3,(H,28,35)(H,29,36)(H,30,33)(H,31,34)(H,37,38)/t13-,14-,15+,16+,17+,18-,19+/m1/s1. The largest absolute Gasteiger partial charge is 0.480 e. The van der Waals surface area contributed by atoms with E-state index in [-0.39, 0.29) is 44.2 Å². The van der Waals surface area contributed by atoms with Crippen LogP contribution in [0.1, 0.15) is 60.3 Å². The molecule has 38 heavy (non-hydrogen) atoms. The summed E-state index contributed by atoms with van der Waals surface area (Å²) in [7, 11) is 0. The van der Waals surface area contributed by atoms with Crippen LogP contribution >= 0.6 is 0 Å². The normalized spacial score (nSPS) is 16.8. The summed E-state index contributed by atoms with van der Waals surface area (Å²) in [5.41, 5.74) is 16.9. The Morgan fingerprint density at radius 1 is 0.737 bits per heavy atom. The molecular weight excluding hydrogens is 498 g/mol. The Bertz CT molecular complexity index is 794. The van der Waals surface area contributed by atoms with Crippen molar-refractivity contribution in [3.05, 3.63) is 0 Å². The van der Waals surface area contributed by atoms with E-state index < -0.39 is 65.9 Å². The van der Waals surface area contributed by atoms with Gasteiger partial charge in [-0.15, -0.1) is 0 Å². The second-order valence-electron chi connectivity index (χ2n) is 9.95. The molecule has 14 heteroatoms. The highest BCUT2D eigenvalue weighted by Gasteiger charge is 2.34. The fraction of sp³-hybridized carbons (Fsp3) is 0.792. The maximum Gasteiger partial charge on any atom is 0.328 e. The van der Waals surface area contributed by atoms with Crippen LogP contribution in [0.2, 0.25) is 0 Å². The van der Waals surface area contributed by atoms with Gasteiger partial charge in [-0.25, -0.2) is 4.79 Å². The fourth-order valence-corrected chi connectivity index (χ4v) is 3.59. The minimum absolute atomic E-state index is 0.00281. The monoisotopic (exact) mass is 545 g/mol. The lowest BCUT2D eigenvalue weighted by Gasteiger charge is -2.29. The van der Waals surface area contributed by atoms with E-state index >= 15 is 0 Å². The van der Waals surface area contributed by atoms with Crippen molar-refractivity contribution in [3.8, 4) is 0 Å². The number of aliphatic carboxylic acids is 1. The minimum Gasteiger partial charge on any atom is -0.480 e. The van der Waals surface area contributed by atoms with Crippen molar-refractivity contribution >= 4 is 29.6 Å². The summed E-state index contributed by atoms with van der Waals surface area (Å²) in [6.07, 6.45) is -0.395. The minimum atomic E-state index is -1.59. The number of hydrogen-bond donors (Lipinski definition) is 9. The van der Waals surface area contributed by atoms with E-state index in [0.29, 0.717) is 6.42 Å². The molecule has 220 valence electrons. The summed E-state index contributed by atoms with van der Waals surface area (Å²) in [6.45, 7) is 8.72. The van der Waals surface area contributed by atoms with Crippen LogP contribution in [0.5, 0.6) is 0 Å². The summed E-state index contributed by atoms with van der Waals surface area (Å²) < 4.78 is 0. The van der Waals surface area contributed by atoms with Gasteiger partial charge in [-0.2, -0.15) is 0 Å². The molecule has 0 aliphatic rings. The lowest BCUT2D eigenvalue weighted by atomic mass is 9.96. The highest BCUT2D eigenvalue weighted by molar-refractivity contribution is 5.95. The zero-order valence-corrected chi connectivity index (χ0v) is 23.0. The van der Waals surface area contributed by atoms with Gasteiger partial charge in [0.15, 0.2) is 6.04 Å². The molecule has 0 unspecified atom stereocenters. The van der Waals surface area contributed by atoms with Crippen molar-refractivity contribution in [2.24, 2.45) is 29.0 Å². The summed E-state index contributed by atoms with van der Waals surface area (Å²) in [4.78, 5) is 63.0. The molecule has 0 fully saturated rings. The molecule has 4 amide bonds. The van der Waals surface area contributed by atoms with Gasteiger partial charge in [0, 0.05) is 0 Å². The average Bonchev–Trinajstić information content (AvgIpc) is 2.83. The molecule has 0 rings (SSSR count). The molecule has 0 saturated heterocycles. The number of rotatable bonds is 18. The van der Waals surface area contributed by atoms with Gasteiger partial charge in [-0.3, -0.25) is 19.2 Å². The van der Waals surface area contributed by atoms with Crippen LogP contribution in [0, 0.1) is 11.8 Å². The first-order chi connectivity index (χ1) is 17.7. The summed E-state index contributed by atoms with van der Waals surface area (Å²) in [5.74, 6) is -4.41. The molecule has 14 nitrogen and oxygen atoms in total. The molecule has 0 bridgehead atoms. The van der Waals surface area contributed by atoms with Crippen molar-refractivity contribution < 1.29 is 34.2 Å². The molecule has 0 aromatic rings. The molecule has 0 spiro atoms. The van der Waals surface area contributed by atoms with Crippen LogP contribution in [0.4, 0.5) is 0 Å². The van der Waals surface area contributed by atoms with Crippen molar-refractivity contribution in [3.63, 3.8) is 0 Å².